The van der Waals surface area contributed by atoms with Crippen LogP contribution in [0.25, 0.3) is 0 Å². The molecule has 0 aromatic heterocycles. The average molecular weight is 331 g/mol. The Hall–Kier alpha value is -1.79. The second-order valence-electron chi connectivity index (χ2n) is 6.49. The summed E-state index contributed by atoms with van der Waals surface area (Å²) in [4.78, 5) is 11.5. The molecule has 2 heterocycles. The maximum atomic E-state index is 5.82. The zero-order valence-electron chi connectivity index (χ0n) is 14.8. The summed E-state index contributed by atoms with van der Waals surface area (Å²) in [5.74, 6) is 0.986. The van der Waals surface area contributed by atoms with E-state index in [0.29, 0.717) is 0 Å². The fourth-order valence-electron chi connectivity index (χ4n) is 3.34. The monoisotopic (exact) mass is 331 g/mol. The highest BCUT2D eigenvalue weighted by molar-refractivity contribution is 5.80. The van der Waals surface area contributed by atoms with E-state index in [0.717, 1.165) is 58.4 Å². The minimum absolute atomic E-state index is 0.242. The minimum Gasteiger partial charge on any atom is -0.374 e. The van der Waals surface area contributed by atoms with E-state index in [1.54, 1.807) is 0 Å². The Kier molecular flexibility index (Phi) is 5.93. The van der Waals surface area contributed by atoms with Crippen LogP contribution in [0.5, 0.6) is 0 Å². The lowest BCUT2D eigenvalue weighted by atomic mass is 10.2. The quantitative estimate of drug-likeness (QED) is 0.653. The van der Waals surface area contributed by atoms with Crippen molar-refractivity contribution < 1.29 is 4.74 Å². The lowest BCUT2D eigenvalue weighted by Gasteiger charge is -2.38. The van der Waals surface area contributed by atoms with Gasteiger partial charge in [-0.1, -0.05) is 18.2 Å². The molecule has 132 valence electrons. The Balaban J connectivity index is 1.47. The molecule has 1 aromatic rings. The predicted octanol–water partition coefficient (Wildman–Crippen LogP) is 0.715. The zero-order chi connectivity index (χ0) is 16.8. The molecule has 0 spiro atoms. The van der Waals surface area contributed by atoms with Crippen LogP contribution in [0.15, 0.2) is 35.3 Å². The molecule has 2 aliphatic heterocycles. The summed E-state index contributed by atoms with van der Waals surface area (Å²) in [5, 5.41) is 3.49. The standard InChI is InChI=1S/C18H29N5O/c1-19-18(20-14-17-15-21(2)12-13-24-17)23-10-8-22(9-11-23)16-6-4-3-5-7-16/h3-7,17H,8-15H2,1-2H3,(H,19,20). The van der Waals surface area contributed by atoms with Gasteiger partial charge in [-0.2, -0.15) is 0 Å². The number of guanidine groups is 1. The molecule has 0 aliphatic carbocycles. The molecule has 1 aromatic carbocycles. The van der Waals surface area contributed by atoms with E-state index in [1.165, 1.54) is 5.69 Å². The van der Waals surface area contributed by atoms with Crippen LogP contribution in [0.3, 0.4) is 0 Å². The van der Waals surface area contributed by atoms with Crippen LogP contribution in [0.4, 0.5) is 5.69 Å². The number of ether oxygens (including phenoxy) is 1. The third kappa shape index (κ3) is 4.39. The van der Waals surface area contributed by atoms with Crippen LogP contribution in [-0.4, -0.2) is 88.4 Å². The van der Waals surface area contributed by atoms with E-state index in [2.05, 4.69) is 62.4 Å². The number of aliphatic imine (C=N–C) groups is 1. The smallest absolute Gasteiger partial charge is 0.193 e. The van der Waals surface area contributed by atoms with Crippen LogP contribution in [0.1, 0.15) is 0 Å². The molecule has 1 N–H and O–H groups in total. The lowest BCUT2D eigenvalue weighted by molar-refractivity contribution is -0.0163. The Bertz CT molecular complexity index is 527. The highest BCUT2D eigenvalue weighted by Crippen LogP contribution is 2.15. The van der Waals surface area contributed by atoms with E-state index < -0.39 is 0 Å². The molecule has 2 saturated heterocycles. The molecule has 0 bridgehead atoms. The number of piperazine rings is 1. The predicted molar refractivity (Wildman–Crippen MR) is 98.8 cm³/mol. The van der Waals surface area contributed by atoms with Crippen LogP contribution >= 0.6 is 0 Å². The lowest BCUT2D eigenvalue weighted by Crippen LogP contribution is -2.54. The Morgan fingerprint density at radius 1 is 1.17 bits per heavy atom. The van der Waals surface area contributed by atoms with E-state index in [9.17, 15) is 0 Å². The highest BCUT2D eigenvalue weighted by atomic mass is 16.5. The van der Waals surface area contributed by atoms with Crippen molar-refractivity contribution >= 4 is 11.6 Å². The first-order valence-electron chi connectivity index (χ1n) is 8.82. The molecule has 1 atom stereocenters. The van der Waals surface area contributed by atoms with Crippen molar-refractivity contribution in [3.8, 4) is 0 Å². The van der Waals surface area contributed by atoms with Gasteiger partial charge in [-0.25, -0.2) is 0 Å². The summed E-state index contributed by atoms with van der Waals surface area (Å²) in [5.41, 5.74) is 1.30. The number of rotatable bonds is 3. The number of nitrogens with zero attached hydrogens (tertiary/aromatic N) is 4. The van der Waals surface area contributed by atoms with Crippen LogP contribution in [0, 0.1) is 0 Å². The first-order valence-corrected chi connectivity index (χ1v) is 8.82. The van der Waals surface area contributed by atoms with E-state index in [4.69, 9.17) is 4.74 Å². The molecule has 0 radical (unpaired) electrons. The third-order valence-electron chi connectivity index (χ3n) is 4.74. The summed E-state index contributed by atoms with van der Waals surface area (Å²) in [6.45, 7) is 7.65. The van der Waals surface area contributed by atoms with Crippen molar-refractivity contribution in [1.82, 2.24) is 15.1 Å². The van der Waals surface area contributed by atoms with Crippen LogP contribution in [0.2, 0.25) is 0 Å². The van der Waals surface area contributed by atoms with Gasteiger partial charge in [0.2, 0.25) is 0 Å². The summed E-state index contributed by atoms with van der Waals surface area (Å²) in [7, 11) is 4.01. The van der Waals surface area contributed by atoms with Crippen LogP contribution < -0.4 is 10.2 Å². The molecule has 2 fully saturated rings. The Morgan fingerprint density at radius 2 is 1.92 bits per heavy atom. The van der Waals surface area contributed by atoms with Crippen molar-refractivity contribution in [3.05, 3.63) is 30.3 Å². The van der Waals surface area contributed by atoms with Crippen molar-refractivity contribution in [3.63, 3.8) is 0 Å². The second-order valence-corrected chi connectivity index (χ2v) is 6.49. The molecule has 6 heteroatoms. The van der Waals surface area contributed by atoms with Gasteiger partial charge < -0.3 is 24.8 Å². The normalized spacial score (nSPS) is 23.4. The van der Waals surface area contributed by atoms with Gasteiger partial charge in [-0.05, 0) is 19.2 Å². The van der Waals surface area contributed by atoms with Crippen molar-refractivity contribution in [2.24, 2.45) is 4.99 Å². The molecule has 24 heavy (non-hydrogen) atoms. The Labute approximate surface area is 145 Å². The molecule has 0 saturated carbocycles. The fraction of sp³-hybridized carbons (Fsp3) is 0.611. The number of likely N-dealkylation sites (N-methyl/N-ethyl adjacent to an activating group) is 1. The summed E-state index contributed by atoms with van der Waals surface area (Å²) in [6, 6.07) is 10.6. The van der Waals surface area contributed by atoms with Gasteiger partial charge in [0, 0.05) is 58.5 Å². The number of para-hydroxylation sites is 1. The maximum Gasteiger partial charge on any atom is 0.193 e. The van der Waals surface area contributed by atoms with Gasteiger partial charge >= 0.3 is 0 Å². The largest absolute Gasteiger partial charge is 0.374 e. The number of hydrogen-bond acceptors (Lipinski definition) is 4. The molecule has 0 amide bonds. The molecule has 3 rings (SSSR count). The number of anilines is 1. The minimum atomic E-state index is 0.242. The van der Waals surface area contributed by atoms with Gasteiger partial charge in [0.15, 0.2) is 5.96 Å². The summed E-state index contributed by atoms with van der Waals surface area (Å²) in [6.07, 6.45) is 0.242. The molecule has 6 nitrogen and oxygen atoms in total. The van der Waals surface area contributed by atoms with Crippen molar-refractivity contribution in [1.29, 1.82) is 0 Å². The molecule has 2 aliphatic rings. The summed E-state index contributed by atoms with van der Waals surface area (Å²) >= 11 is 0. The number of morpholine rings is 1. The number of hydrogen-bond donors (Lipinski definition) is 1. The molecular weight excluding hydrogens is 302 g/mol. The zero-order valence-corrected chi connectivity index (χ0v) is 14.8. The average Bonchev–Trinajstić information content (AvgIpc) is 2.64. The van der Waals surface area contributed by atoms with E-state index >= 15 is 0 Å². The first-order chi connectivity index (χ1) is 11.8. The first kappa shape index (κ1) is 17.0. The van der Waals surface area contributed by atoms with Crippen molar-refractivity contribution in [2.75, 3.05) is 71.4 Å². The van der Waals surface area contributed by atoms with Gasteiger partial charge in [-0.15, -0.1) is 0 Å². The Morgan fingerprint density at radius 3 is 2.58 bits per heavy atom. The summed E-state index contributed by atoms with van der Waals surface area (Å²) < 4.78 is 5.82. The fourth-order valence-corrected chi connectivity index (χ4v) is 3.34. The number of nitrogens with one attached hydrogen (secondary N) is 1. The van der Waals surface area contributed by atoms with E-state index in [1.807, 2.05) is 7.05 Å². The van der Waals surface area contributed by atoms with Crippen molar-refractivity contribution in [2.45, 2.75) is 6.10 Å². The SMILES string of the molecule is CN=C(NCC1CN(C)CCO1)N1CCN(c2ccccc2)CC1. The second kappa shape index (κ2) is 8.35. The van der Waals surface area contributed by atoms with Gasteiger partial charge in [0.25, 0.3) is 0 Å². The highest BCUT2D eigenvalue weighted by Gasteiger charge is 2.22. The maximum absolute atomic E-state index is 5.82. The molecule has 1 unspecified atom stereocenters. The van der Waals surface area contributed by atoms with Gasteiger partial charge in [-0.3, -0.25) is 4.99 Å². The van der Waals surface area contributed by atoms with Gasteiger partial charge in [0.05, 0.1) is 12.7 Å². The van der Waals surface area contributed by atoms with Crippen LogP contribution in [-0.2, 0) is 4.74 Å². The molecular formula is C18H29N5O. The number of benzene rings is 1. The topological polar surface area (TPSA) is 43.3 Å². The van der Waals surface area contributed by atoms with E-state index in [-0.39, 0.29) is 6.10 Å². The van der Waals surface area contributed by atoms with Gasteiger partial charge in [0.1, 0.15) is 0 Å². The third-order valence-corrected chi connectivity index (χ3v) is 4.74.